The summed E-state index contributed by atoms with van der Waals surface area (Å²) in [7, 11) is 0. The van der Waals surface area contributed by atoms with Crippen LogP contribution in [0.4, 0.5) is 0 Å². The monoisotopic (exact) mass is 301 g/mol. The lowest BCUT2D eigenvalue weighted by Gasteiger charge is -2.17. The fourth-order valence-corrected chi connectivity index (χ4v) is 2.59. The molecule has 2 N–H and O–H groups in total. The molecule has 116 valence electrons. The van der Waals surface area contributed by atoms with Crippen LogP contribution in [0.1, 0.15) is 16.8 Å². The lowest BCUT2D eigenvalue weighted by atomic mass is 10.1. The number of aromatic nitrogens is 3. The maximum absolute atomic E-state index is 10.9. The second-order valence-electron chi connectivity index (χ2n) is 5.54. The van der Waals surface area contributed by atoms with Crippen molar-refractivity contribution in [2.75, 3.05) is 13.2 Å². The summed E-state index contributed by atoms with van der Waals surface area (Å²) in [5.41, 5.74) is 8.37. The Hall–Kier alpha value is -2.41. The quantitative estimate of drug-likeness (QED) is 0.887. The van der Waals surface area contributed by atoms with E-state index in [0.29, 0.717) is 13.2 Å². The van der Waals surface area contributed by atoms with Crippen LogP contribution in [0.25, 0.3) is 0 Å². The van der Waals surface area contributed by atoms with Crippen molar-refractivity contribution in [1.29, 1.82) is 0 Å². The summed E-state index contributed by atoms with van der Waals surface area (Å²) in [5, 5.41) is 8.00. The van der Waals surface area contributed by atoms with Crippen LogP contribution in [0.5, 0.6) is 5.75 Å². The van der Waals surface area contributed by atoms with Crippen LogP contribution >= 0.6 is 0 Å². The molecule has 0 bridgehead atoms. The van der Waals surface area contributed by atoms with Crippen LogP contribution in [-0.2, 0) is 24.4 Å². The maximum Gasteiger partial charge on any atom is 0.239 e. The van der Waals surface area contributed by atoms with E-state index in [-0.39, 0.29) is 6.54 Å². The first-order chi connectivity index (χ1) is 10.6. The van der Waals surface area contributed by atoms with Crippen LogP contribution in [0.3, 0.4) is 0 Å². The highest BCUT2D eigenvalue weighted by Crippen LogP contribution is 2.24. The minimum absolute atomic E-state index is 0.0537. The molecule has 22 heavy (non-hydrogen) atoms. The largest absolute Gasteiger partial charge is 0.492 e. The summed E-state index contributed by atoms with van der Waals surface area (Å²) >= 11 is 0. The van der Waals surface area contributed by atoms with Crippen LogP contribution in [-0.4, -0.2) is 39.0 Å². The molecular formula is C15H19N5O2. The Labute approximate surface area is 128 Å². The highest BCUT2D eigenvalue weighted by Gasteiger charge is 2.17. The lowest BCUT2D eigenvalue weighted by molar-refractivity contribution is -0.118. The number of carbonyl (C=O) groups is 1. The smallest absolute Gasteiger partial charge is 0.239 e. The molecule has 7 heteroatoms. The Bertz CT molecular complexity index is 682. The molecule has 7 nitrogen and oxygen atoms in total. The van der Waals surface area contributed by atoms with Gasteiger partial charge in [-0.15, -0.1) is 5.10 Å². The highest BCUT2D eigenvalue weighted by atomic mass is 16.5. The molecule has 0 unspecified atom stereocenters. The Morgan fingerprint density at radius 1 is 1.45 bits per heavy atom. The molecule has 0 spiro atoms. The number of benzene rings is 1. The molecule has 3 rings (SSSR count). The summed E-state index contributed by atoms with van der Waals surface area (Å²) in [6.07, 6.45) is 1.76. The molecule has 0 fully saturated rings. The fraction of sp³-hybridized carbons (Fsp3) is 0.400. The molecule has 2 aromatic rings. The van der Waals surface area contributed by atoms with E-state index in [1.807, 2.05) is 6.07 Å². The van der Waals surface area contributed by atoms with E-state index >= 15 is 0 Å². The van der Waals surface area contributed by atoms with Gasteiger partial charge in [-0.25, -0.2) is 4.68 Å². The number of hydrogen-bond acceptors (Lipinski definition) is 5. The second-order valence-corrected chi connectivity index (χ2v) is 5.54. The van der Waals surface area contributed by atoms with Crippen molar-refractivity contribution in [2.45, 2.75) is 26.6 Å². The molecular weight excluding hydrogens is 282 g/mol. The van der Waals surface area contributed by atoms with Crippen molar-refractivity contribution >= 4 is 5.91 Å². The molecule has 0 atom stereocenters. The van der Waals surface area contributed by atoms with Crippen molar-refractivity contribution in [3.8, 4) is 5.75 Å². The van der Waals surface area contributed by atoms with Gasteiger partial charge in [-0.3, -0.25) is 9.69 Å². The summed E-state index contributed by atoms with van der Waals surface area (Å²) < 4.78 is 7.25. The number of nitrogens with two attached hydrogens (primary N) is 1. The van der Waals surface area contributed by atoms with Crippen LogP contribution in [0, 0.1) is 6.92 Å². The fourth-order valence-electron chi connectivity index (χ4n) is 2.59. The predicted octanol–water partition coefficient (Wildman–Crippen LogP) is 0.466. The average molecular weight is 301 g/mol. The molecule has 0 aliphatic carbocycles. The van der Waals surface area contributed by atoms with E-state index in [4.69, 9.17) is 10.5 Å². The van der Waals surface area contributed by atoms with Gasteiger partial charge in [-0.05, 0) is 13.0 Å². The highest BCUT2D eigenvalue weighted by molar-refractivity contribution is 5.73. The van der Waals surface area contributed by atoms with Gasteiger partial charge in [0.2, 0.25) is 5.91 Å². The van der Waals surface area contributed by atoms with Gasteiger partial charge in [0.25, 0.3) is 0 Å². The van der Waals surface area contributed by atoms with Gasteiger partial charge >= 0.3 is 0 Å². The SMILES string of the molecule is Cc1ccc2c(c1)CN(Cc1cn(CC(N)=O)nn1)CCO2. The number of aryl methyl sites for hydroxylation is 1. The van der Waals surface area contributed by atoms with Gasteiger partial charge in [0.1, 0.15) is 18.9 Å². The van der Waals surface area contributed by atoms with Gasteiger partial charge in [0.05, 0.1) is 11.9 Å². The van der Waals surface area contributed by atoms with Gasteiger partial charge in [0, 0.05) is 25.2 Å². The summed E-state index contributed by atoms with van der Waals surface area (Å²) in [4.78, 5) is 13.1. The Kier molecular flexibility index (Phi) is 4.06. The van der Waals surface area contributed by atoms with E-state index in [0.717, 1.165) is 24.5 Å². The van der Waals surface area contributed by atoms with Crippen molar-refractivity contribution in [1.82, 2.24) is 19.9 Å². The zero-order chi connectivity index (χ0) is 15.5. The number of hydrogen-bond donors (Lipinski definition) is 1. The number of carbonyl (C=O) groups excluding carboxylic acids is 1. The first-order valence-electron chi connectivity index (χ1n) is 7.22. The number of fused-ring (bicyclic) bond motifs is 1. The minimum atomic E-state index is -0.427. The van der Waals surface area contributed by atoms with Crippen molar-refractivity contribution in [2.24, 2.45) is 5.73 Å². The van der Waals surface area contributed by atoms with E-state index in [9.17, 15) is 4.79 Å². The molecule has 1 aliphatic heterocycles. The Morgan fingerprint density at radius 3 is 3.14 bits per heavy atom. The summed E-state index contributed by atoms with van der Waals surface area (Å²) in [6, 6.07) is 6.23. The zero-order valence-electron chi connectivity index (χ0n) is 12.5. The molecule has 0 saturated heterocycles. The maximum atomic E-state index is 10.9. The molecule has 1 aromatic heterocycles. The minimum Gasteiger partial charge on any atom is -0.492 e. The van der Waals surface area contributed by atoms with Gasteiger partial charge in [-0.2, -0.15) is 0 Å². The summed E-state index contributed by atoms with van der Waals surface area (Å²) in [5.74, 6) is 0.523. The van der Waals surface area contributed by atoms with Gasteiger partial charge in [0.15, 0.2) is 0 Å². The van der Waals surface area contributed by atoms with Crippen molar-refractivity contribution < 1.29 is 9.53 Å². The first-order valence-corrected chi connectivity index (χ1v) is 7.22. The van der Waals surface area contributed by atoms with Crippen molar-refractivity contribution in [3.05, 3.63) is 41.2 Å². The molecule has 0 radical (unpaired) electrons. The van der Waals surface area contributed by atoms with E-state index in [2.05, 4.69) is 34.3 Å². The molecule has 1 aliphatic rings. The van der Waals surface area contributed by atoms with Crippen molar-refractivity contribution in [3.63, 3.8) is 0 Å². The molecule has 2 heterocycles. The normalized spacial score (nSPS) is 15.0. The summed E-state index contributed by atoms with van der Waals surface area (Å²) in [6.45, 7) is 5.06. The van der Waals surface area contributed by atoms with Crippen LogP contribution in [0.15, 0.2) is 24.4 Å². The van der Waals surface area contributed by atoms with E-state index < -0.39 is 5.91 Å². The first kappa shape index (κ1) is 14.5. The molecule has 0 saturated carbocycles. The zero-order valence-corrected chi connectivity index (χ0v) is 12.5. The third-order valence-electron chi connectivity index (χ3n) is 3.56. The average Bonchev–Trinajstić information content (AvgIpc) is 2.77. The third kappa shape index (κ3) is 3.43. The molecule has 1 amide bonds. The van der Waals surface area contributed by atoms with Gasteiger partial charge < -0.3 is 10.5 Å². The number of primary amides is 1. The van der Waals surface area contributed by atoms with Crippen LogP contribution in [0.2, 0.25) is 0 Å². The number of ether oxygens (including phenoxy) is 1. The van der Waals surface area contributed by atoms with E-state index in [1.54, 1.807) is 6.20 Å². The van der Waals surface area contributed by atoms with Crippen LogP contribution < -0.4 is 10.5 Å². The standard InChI is InChI=1S/C15H19N5O2/c1-11-2-3-14-12(6-11)7-19(4-5-22-14)8-13-9-20(18-17-13)10-15(16)21/h2-3,6,9H,4-5,7-8,10H2,1H3,(H2,16,21). The number of amides is 1. The Balaban J connectivity index is 1.70. The van der Waals surface area contributed by atoms with Gasteiger partial charge in [-0.1, -0.05) is 22.9 Å². The number of nitrogens with zero attached hydrogens (tertiary/aromatic N) is 4. The third-order valence-corrected chi connectivity index (χ3v) is 3.56. The molecule has 1 aromatic carbocycles. The second kappa shape index (κ2) is 6.15. The lowest BCUT2D eigenvalue weighted by Crippen LogP contribution is -2.25. The Morgan fingerprint density at radius 2 is 2.32 bits per heavy atom. The van der Waals surface area contributed by atoms with E-state index in [1.165, 1.54) is 15.8 Å². The topological polar surface area (TPSA) is 86.3 Å². The predicted molar refractivity (Wildman–Crippen MR) is 80.0 cm³/mol. The number of rotatable bonds is 4.